The van der Waals surface area contributed by atoms with Gasteiger partial charge in [0.1, 0.15) is 11.6 Å². The minimum absolute atomic E-state index is 0.265. The number of nitrogens with zero attached hydrogens (tertiary/aromatic N) is 5. The van der Waals surface area contributed by atoms with Crippen molar-refractivity contribution >= 4 is 28.8 Å². The van der Waals surface area contributed by atoms with E-state index in [2.05, 4.69) is 43.5 Å². The van der Waals surface area contributed by atoms with E-state index < -0.39 is 0 Å². The lowest BCUT2D eigenvalue weighted by molar-refractivity contribution is 0.311. The van der Waals surface area contributed by atoms with Crippen LogP contribution in [0.15, 0.2) is 48.7 Å². The predicted molar refractivity (Wildman–Crippen MR) is 125 cm³/mol. The quantitative estimate of drug-likeness (QED) is 0.605. The normalized spacial score (nSPS) is 14.1. The maximum atomic E-state index is 14.8. The van der Waals surface area contributed by atoms with Crippen molar-refractivity contribution in [1.82, 2.24) is 14.9 Å². The zero-order valence-electron chi connectivity index (χ0n) is 18.3. The van der Waals surface area contributed by atoms with E-state index in [1.807, 2.05) is 37.3 Å². The van der Waals surface area contributed by atoms with Crippen molar-refractivity contribution in [2.45, 2.75) is 13.3 Å². The van der Waals surface area contributed by atoms with Crippen LogP contribution in [0, 0.1) is 24.1 Å². The van der Waals surface area contributed by atoms with Gasteiger partial charge in [-0.05, 0) is 49.9 Å². The second kappa shape index (κ2) is 9.62. The fourth-order valence-corrected chi connectivity index (χ4v) is 3.63. The van der Waals surface area contributed by atoms with Crippen molar-refractivity contribution in [3.63, 3.8) is 0 Å². The summed E-state index contributed by atoms with van der Waals surface area (Å²) in [7, 11) is 2.08. The van der Waals surface area contributed by atoms with Gasteiger partial charge in [0, 0.05) is 49.3 Å². The number of benzene rings is 2. The summed E-state index contributed by atoms with van der Waals surface area (Å²) in [6, 6.07) is 14.9. The average Bonchev–Trinajstić information content (AvgIpc) is 2.78. The summed E-state index contributed by atoms with van der Waals surface area (Å²) in [5.41, 5.74) is 3.85. The van der Waals surface area contributed by atoms with Gasteiger partial charge < -0.3 is 20.4 Å². The molecule has 7 nitrogen and oxygen atoms in total. The van der Waals surface area contributed by atoms with Crippen LogP contribution in [0.25, 0.3) is 0 Å². The van der Waals surface area contributed by atoms with Gasteiger partial charge in [-0.2, -0.15) is 10.2 Å². The third-order valence-corrected chi connectivity index (χ3v) is 5.49. The summed E-state index contributed by atoms with van der Waals surface area (Å²) >= 11 is 0. The standard InChI is InChI=1S/C24H26FN7/c1-17-16-27-24(30-23(17)28-19-5-3-4-18(14-19)8-9-26)29-20-6-7-22(21(25)15-20)32-12-10-31(2)11-13-32/h3-7,14-16H,8,10-13H2,1-2H3,(H2,27,28,29,30). The molecule has 2 N–H and O–H groups in total. The van der Waals surface area contributed by atoms with Gasteiger partial charge in [0.05, 0.1) is 18.2 Å². The second-order valence-electron chi connectivity index (χ2n) is 7.97. The van der Waals surface area contributed by atoms with E-state index in [0.717, 1.165) is 43.0 Å². The number of halogens is 1. The van der Waals surface area contributed by atoms with Gasteiger partial charge in [0.15, 0.2) is 0 Å². The van der Waals surface area contributed by atoms with Gasteiger partial charge in [0.2, 0.25) is 5.95 Å². The molecule has 32 heavy (non-hydrogen) atoms. The largest absolute Gasteiger partial charge is 0.367 e. The number of aromatic nitrogens is 2. The SMILES string of the molecule is Cc1cnc(Nc2ccc(N3CCN(C)CC3)c(F)c2)nc1Nc1cccc(CC#N)c1. The maximum Gasteiger partial charge on any atom is 0.229 e. The van der Waals surface area contributed by atoms with E-state index in [-0.39, 0.29) is 5.82 Å². The van der Waals surface area contributed by atoms with E-state index in [1.165, 1.54) is 6.07 Å². The number of hydrogen-bond donors (Lipinski definition) is 2. The molecule has 3 aromatic rings. The van der Waals surface area contributed by atoms with Gasteiger partial charge in [-0.15, -0.1) is 0 Å². The molecule has 1 fully saturated rings. The minimum atomic E-state index is -0.265. The molecule has 0 spiro atoms. The van der Waals surface area contributed by atoms with Crippen LogP contribution in [-0.2, 0) is 6.42 Å². The van der Waals surface area contributed by atoms with Crippen LogP contribution in [0.3, 0.4) is 0 Å². The van der Waals surface area contributed by atoms with Crippen molar-refractivity contribution in [2.24, 2.45) is 0 Å². The van der Waals surface area contributed by atoms with Crippen molar-refractivity contribution < 1.29 is 4.39 Å². The van der Waals surface area contributed by atoms with Gasteiger partial charge in [-0.3, -0.25) is 0 Å². The lowest BCUT2D eigenvalue weighted by Gasteiger charge is -2.34. The molecule has 4 rings (SSSR count). The Labute approximate surface area is 187 Å². The molecular weight excluding hydrogens is 405 g/mol. The Bertz CT molecular complexity index is 1130. The lowest BCUT2D eigenvalue weighted by Crippen LogP contribution is -2.44. The monoisotopic (exact) mass is 431 g/mol. The van der Waals surface area contributed by atoms with Gasteiger partial charge in [-0.25, -0.2) is 9.37 Å². The van der Waals surface area contributed by atoms with Crippen molar-refractivity contribution in [3.05, 3.63) is 65.6 Å². The van der Waals surface area contributed by atoms with E-state index in [9.17, 15) is 4.39 Å². The summed E-state index contributed by atoms with van der Waals surface area (Å²) in [5, 5.41) is 15.3. The number of nitriles is 1. The molecular formula is C24H26FN7. The Balaban J connectivity index is 1.48. The smallest absolute Gasteiger partial charge is 0.229 e. The third kappa shape index (κ3) is 5.13. The summed E-state index contributed by atoms with van der Waals surface area (Å²) in [5.74, 6) is 0.753. The molecule has 2 heterocycles. The van der Waals surface area contributed by atoms with Gasteiger partial charge in [-0.1, -0.05) is 12.1 Å². The molecule has 1 aromatic heterocycles. The fourth-order valence-electron chi connectivity index (χ4n) is 3.63. The lowest BCUT2D eigenvalue weighted by atomic mass is 10.1. The van der Waals surface area contributed by atoms with Crippen LogP contribution < -0.4 is 15.5 Å². The van der Waals surface area contributed by atoms with E-state index in [0.29, 0.717) is 29.6 Å². The molecule has 0 unspecified atom stereocenters. The van der Waals surface area contributed by atoms with Gasteiger partial charge in [0.25, 0.3) is 0 Å². The molecule has 0 atom stereocenters. The number of hydrogen-bond acceptors (Lipinski definition) is 7. The van der Waals surface area contributed by atoms with Crippen molar-refractivity contribution in [1.29, 1.82) is 5.26 Å². The van der Waals surface area contributed by atoms with Crippen LogP contribution in [0.2, 0.25) is 0 Å². The first-order valence-electron chi connectivity index (χ1n) is 10.6. The highest BCUT2D eigenvalue weighted by Crippen LogP contribution is 2.26. The molecule has 1 aliphatic heterocycles. The highest BCUT2D eigenvalue weighted by Gasteiger charge is 2.17. The summed E-state index contributed by atoms with van der Waals surface area (Å²) in [6.07, 6.45) is 2.06. The number of piperazine rings is 1. The molecule has 0 bridgehead atoms. The van der Waals surface area contributed by atoms with E-state index >= 15 is 0 Å². The number of nitrogens with one attached hydrogen (secondary N) is 2. The fraction of sp³-hybridized carbons (Fsp3) is 0.292. The topological polar surface area (TPSA) is 80.1 Å². The van der Waals surface area contributed by atoms with Crippen molar-refractivity contribution in [3.8, 4) is 6.07 Å². The highest BCUT2D eigenvalue weighted by atomic mass is 19.1. The number of aryl methyl sites for hydroxylation is 1. The van der Waals surface area contributed by atoms with Crippen molar-refractivity contribution in [2.75, 3.05) is 48.8 Å². The Kier molecular flexibility index (Phi) is 6.47. The van der Waals surface area contributed by atoms with Crippen LogP contribution in [0.4, 0.5) is 33.2 Å². The number of likely N-dealkylation sites (N-methyl/N-ethyl adjacent to an activating group) is 1. The van der Waals surface area contributed by atoms with E-state index in [4.69, 9.17) is 5.26 Å². The number of anilines is 5. The third-order valence-electron chi connectivity index (χ3n) is 5.49. The first-order valence-corrected chi connectivity index (χ1v) is 10.6. The molecule has 2 aromatic carbocycles. The first kappa shape index (κ1) is 21.5. The molecule has 164 valence electrons. The molecule has 0 radical (unpaired) electrons. The zero-order chi connectivity index (χ0) is 22.5. The summed E-state index contributed by atoms with van der Waals surface area (Å²) < 4.78 is 14.8. The Morgan fingerprint density at radius 3 is 2.59 bits per heavy atom. The van der Waals surface area contributed by atoms with Gasteiger partial charge >= 0.3 is 0 Å². The van der Waals surface area contributed by atoms with Crippen LogP contribution in [0.1, 0.15) is 11.1 Å². The maximum absolute atomic E-state index is 14.8. The highest BCUT2D eigenvalue weighted by molar-refractivity contribution is 5.64. The Morgan fingerprint density at radius 2 is 1.84 bits per heavy atom. The summed E-state index contributed by atoms with van der Waals surface area (Å²) in [4.78, 5) is 13.2. The predicted octanol–water partition coefficient (Wildman–Crippen LogP) is 4.23. The second-order valence-corrected chi connectivity index (χ2v) is 7.97. The average molecular weight is 432 g/mol. The Morgan fingerprint density at radius 1 is 1.06 bits per heavy atom. The molecule has 0 saturated carbocycles. The van der Waals surface area contributed by atoms with Crippen LogP contribution >= 0.6 is 0 Å². The molecule has 0 amide bonds. The minimum Gasteiger partial charge on any atom is -0.367 e. The number of rotatable bonds is 6. The van der Waals surface area contributed by atoms with E-state index in [1.54, 1.807) is 12.3 Å². The molecule has 1 aliphatic rings. The zero-order valence-corrected chi connectivity index (χ0v) is 18.3. The first-order chi connectivity index (χ1) is 15.5. The molecule has 8 heteroatoms. The Hall–Kier alpha value is -3.70. The van der Waals surface area contributed by atoms with Crippen LogP contribution in [-0.4, -0.2) is 48.1 Å². The summed E-state index contributed by atoms with van der Waals surface area (Å²) in [6.45, 7) is 5.38. The van der Waals surface area contributed by atoms with Crippen LogP contribution in [0.5, 0.6) is 0 Å². The molecule has 0 aliphatic carbocycles. The molecule has 1 saturated heterocycles.